The van der Waals surface area contributed by atoms with E-state index in [1.165, 1.54) is 5.56 Å². The quantitative estimate of drug-likeness (QED) is 0.837. The molecule has 1 aromatic rings. The lowest BCUT2D eigenvalue weighted by atomic mass is 10.1. The van der Waals surface area contributed by atoms with Gasteiger partial charge in [0.25, 0.3) is 0 Å². The van der Waals surface area contributed by atoms with E-state index in [1.807, 2.05) is 30.0 Å². The minimum absolute atomic E-state index is 0.104. The number of aliphatic hydroxyl groups excluding tert-OH is 1. The van der Waals surface area contributed by atoms with Crippen LogP contribution in [0.3, 0.4) is 0 Å². The first-order chi connectivity index (χ1) is 9.33. The Bertz CT molecular complexity index is 472. The van der Waals surface area contributed by atoms with Crippen molar-refractivity contribution in [2.24, 2.45) is 0 Å². The van der Waals surface area contributed by atoms with Crippen molar-refractivity contribution in [2.75, 3.05) is 26.9 Å². The third-order valence-electron chi connectivity index (χ3n) is 2.85. The third-order valence-corrected chi connectivity index (χ3v) is 4.08. The zero-order chi connectivity index (χ0) is 13.5. The SMILES string of the molecule is COc1ccc(C#CCCO)c(CSC2COC2)c1. The molecule has 0 radical (unpaired) electrons. The molecule has 0 aromatic heterocycles. The number of hydrogen-bond donors (Lipinski definition) is 1. The summed E-state index contributed by atoms with van der Waals surface area (Å²) in [7, 11) is 1.67. The molecule has 19 heavy (non-hydrogen) atoms. The summed E-state index contributed by atoms with van der Waals surface area (Å²) in [6, 6.07) is 5.94. The lowest BCUT2D eigenvalue weighted by molar-refractivity contribution is 0.0455. The fraction of sp³-hybridized carbons (Fsp3) is 0.467. The van der Waals surface area contributed by atoms with E-state index < -0.39 is 0 Å². The van der Waals surface area contributed by atoms with E-state index in [1.54, 1.807) is 7.11 Å². The van der Waals surface area contributed by atoms with Gasteiger partial charge in [-0.1, -0.05) is 11.8 Å². The maximum absolute atomic E-state index is 8.77. The Morgan fingerprint density at radius 3 is 2.95 bits per heavy atom. The van der Waals surface area contributed by atoms with Crippen molar-refractivity contribution < 1.29 is 14.6 Å². The summed E-state index contributed by atoms with van der Waals surface area (Å²) in [5.74, 6) is 7.85. The van der Waals surface area contributed by atoms with Gasteiger partial charge in [0.1, 0.15) is 5.75 Å². The Hall–Kier alpha value is -1.15. The molecule has 1 saturated heterocycles. The fourth-order valence-corrected chi connectivity index (χ4v) is 2.71. The van der Waals surface area contributed by atoms with Crippen LogP contribution in [0.5, 0.6) is 5.75 Å². The number of thioether (sulfide) groups is 1. The first kappa shape index (κ1) is 14.3. The molecule has 0 bridgehead atoms. The highest BCUT2D eigenvalue weighted by Gasteiger charge is 2.19. The van der Waals surface area contributed by atoms with Gasteiger partial charge in [0.05, 0.1) is 32.2 Å². The summed E-state index contributed by atoms with van der Waals surface area (Å²) in [6.07, 6.45) is 0.509. The van der Waals surface area contributed by atoms with Crippen LogP contribution in [-0.2, 0) is 10.5 Å². The predicted octanol–water partition coefficient (Wildman–Crippen LogP) is 2.06. The van der Waals surface area contributed by atoms with Gasteiger partial charge in [-0.05, 0) is 23.8 Å². The zero-order valence-electron chi connectivity index (χ0n) is 11.0. The molecule has 1 aliphatic heterocycles. The van der Waals surface area contributed by atoms with E-state index in [2.05, 4.69) is 11.8 Å². The summed E-state index contributed by atoms with van der Waals surface area (Å²) >= 11 is 1.89. The Morgan fingerprint density at radius 2 is 2.32 bits per heavy atom. The molecule has 2 rings (SSSR count). The summed E-state index contributed by atoms with van der Waals surface area (Å²) in [6.45, 7) is 1.80. The Morgan fingerprint density at radius 1 is 1.47 bits per heavy atom. The standard InChI is InChI=1S/C15H18O3S/c1-17-14-6-5-12(4-2-3-7-16)13(8-14)11-19-15-9-18-10-15/h5-6,8,15-16H,3,7,9-11H2,1H3. The van der Waals surface area contributed by atoms with E-state index in [4.69, 9.17) is 14.6 Å². The van der Waals surface area contributed by atoms with Gasteiger partial charge >= 0.3 is 0 Å². The van der Waals surface area contributed by atoms with Gasteiger partial charge in [-0.15, -0.1) is 11.8 Å². The number of methoxy groups -OCH3 is 1. The van der Waals surface area contributed by atoms with Gasteiger partial charge in [0.2, 0.25) is 0 Å². The van der Waals surface area contributed by atoms with Gasteiger partial charge in [-0.25, -0.2) is 0 Å². The van der Waals surface area contributed by atoms with E-state index in [0.29, 0.717) is 11.7 Å². The smallest absolute Gasteiger partial charge is 0.119 e. The number of ether oxygens (including phenoxy) is 2. The molecule has 1 aliphatic rings. The monoisotopic (exact) mass is 278 g/mol. The first-order valence-corrected chi connectivity index (χ1v) is 7.34. The van der Waals surface area contributed by atoms with E-state index in [0.717, 1.165) is 30.3 Å². The van der Waals surface area contributed by atoms with Crippen LogP contribution in [0.2, 0.25) is 0 Å². The van der Waals surface area contributed by atoms with Crippen molar-refractivity contribution in [2.45, 2.75) is 17.4 Å². The molecule has 1 aromatic carbocycles. The first-order valence-electron chi connectivity index (χ1n) is 6.29. The van der Waals surface area contributed by atoms with Crippen molar-refractivity contribution in [3.63, 3.8) is 0 Å². The van der Waals surface area contributed by atoms with E-state index in [-0.39, 0.29) is 6.61 Å². The average molecular weight is 278 g/mol. The predicted molar refractivity (Wildman–Crippen MR) is 77.5 cm³/mol. The molecular weight excluding hydrogens is 260 g/mol. The summed E-state index contributed by atoms with van der Waals surface area (Å²) in [5, 5.41) is 9.37. The summed E-state index contributed by atoms with van der Waals surface area (Å²) in [4.78, 5) is 0. The van der Waals surface area contributed by atoms with E-state index in [9.17, 15) is 0 Å². The van der Waals surface area contributed by atoms with Gasteiger partial charge in [0, 0.05) is 17.7 Å². The Balaban J connectivity index is 2.08. The molecule has 0 saturated carbocycles. The summed E-state index contributed by atoms with van der Waals surface area (Å²) < 4.78 is 10.4. The molecule has 0 atom stereocenters. The van der Waals surface area contributed by atoms with Crippen molar-refractivity contribution in [1.82, 2.24) is 0 Å². The van der Waals surface area contributed by atoms with Crippen molar-refractivity contribution in [3.05, 3.63) is 29.3 Å². The second kappa shape index (κ2) is 7.44. The van der Waals surface area contributed by atoms with Crippen LogP contribution >= 0.6 is 11.8 Å². The maximum Gasteiger partial charge on any atom is 0.119 e. The number of hydrogen-bond acceptors (Lipinski definition) is 4. The topological polar surface area (TPSA) is 38.7 Å². The van der Waals surface area contributed by atoms with Crippen LogP contribution in [0, 0.1) is 11.8 Å². The molecule has 4 heteroatoms. The Labute approximate surface area is 118 Å². The minimum atomic E-state index is 0.104. The van der Waals surface area contributed by atoms with Crippen LogP contribution < -0.4 is 4.74 Å². The minimum Gasteiger partial charge on any atom is -0.497 e. The second-order valence-corrected chi connectivity index (χ2v) is 5.56. The number of rotatable bonds is 5. The van der Waals surface area contributed by atoms with Crippen LogP contribution in [0.1, 0.15) is 17.5 Å². The lowest BCUT2D eigenvalue weighted by Crippen LogP contribution is -2.30. The van der Waals surface area contributed by atoms with Gasteiger partial charge in [-0.2, -0.15) is 0 Å². The van der Waals surface area contributed by atoms with Gasteiger partial charge < -0.3 is 14.6 Å². The van der Waals surface area contributed by atoms with Crippen LogP contribution in [0.25, 0.3) is 0 Å². The van der Waals surface area contributed by atoms with Crippen molar-refractivity contribution >= 4 is 11.8 Å². The Kier molecular flexibility index (Phi) is 5.59. The molecule has 0 unspecified atom stereocenters. The van der Waals surface area contributed by atoms with Crippen molar-refractivity contribution in [1.29, 1.82) is 0 Å². The van der Waals surface area contributed by atoms with E-state index >= 15 is 0 Å². The van der Waals surface area contributed by atoms with Crippen LogP contribution in [-0.4, -0.2) is 37.3 Å². The normalized spacial score (nSPS) is 14.4. The molecule has 0 aliphatic carbocycles. The van der Waals surface area contributed by atoms with Crippen LogP contribution in [0.4, 0.5) is 0 Å². The highest BCUT2D eigenvalue weighted by molar-refractivity contribution is 7.99. The third kappa shape index (κ3) is 4.17. The maximum atomic E-state index is 8.77. The van der Waals surface area contributed by atoms with Gasteiger partial charge in [-0.3, -0.25) is 0 Å². The second-order valence-electron chi connectivity index (χ2n) is 4.27. The molecule has 1 heterocycles. The largest absolute Gasteiger partial charge is 0.497 e. The average Bonchev–Trinajstić information content (AvgIpc) is 2.38. The molecule has 102 valence electrons. The van der Waals surface area contributed by atoms with Gasteiger partial charge in [0.15, 0.2) is 0 Å². The van der Waals surface area contributed by atoms with Crippen molar-refractivity contribution in [3.8, 4) is 17.6 Å². The molecule has 0 spiro atoms. The fourth-order valence-electron chi connectivity index (χ4n) is 1.67. The summed E-state index contributed by atoms with van der Waals surface area (Å²) in [5.41, 5.74) is 2.20. The number of benzene rings is 1. The molecule has 1 N–H and O–H groups in total. The molecule has 0 amide bonds. The van der Waals surface area contributed by atoms with Crippen LogP contribution in [0.15, 0.2) is 18.2 Å². The molecular formula is C15H18O3S. The number of aliphatic hydroxyl groups is 1. The molecule has 1 fully saturated rings. The highest BCUT2D eigenvalue weighted by Crippen LogP contribution is 2.27. The molecule has 3 nitrogen and oxygen atoms in total. The highest BCUT2D eigenvalue weighted by atomic mass is 32.2. The zero-order valence-corrected chi connectivity index (χ0v) is 11.8. The lowest BCUT2D eigenvalue weighted by Gasteiger charge is -2.25.